The van der Waals surface area contributed by atoms with Crippen molar-refractivity contribution in [1.82, 2.24) is 24.7 Å². The van der Waals surface area contributed by atoms with Crippen molar-refractivity contribution in [1.29, 1.82) is 5.26 Å². The first kappa shape index (κ1) is 23.6. The van der Waals surface area contributed by atoms with Crippen molar-refractivity contribution in [3.8, 4) is 6.07 Å². The highest BCUT2D eigenvalue weighted by Crippen LogP contribution is 2.49. The zero-order valence-corrected chi connectivity index (χ0v) is 20.2. The summed E-state index contributed by atoms with van der Waals surface area (Å²) >= 11 is 0. The Morgan fingerprint density at radius 3 is 2.21 bits per heavy atom. The molecule has 3 amide bonds. The van der Waals surface area contributed by atoms with Gasteiger partial charge in [0.1, 0.15) is 12.6 Å². The zero-order chi connectivity index (χ0) is 24.5. The first-order valence-corrected chi connectivity index (χ1v) is 11.5. The third kappa shape index (κ3) is 3.99. The molecule has 34 heavy (non-hydrogen) atoms. The second kappa shape index (κ2) is 9.03. The molecule has 1 aromatic heterocycles. The molecule has 1 aliphatic heterocycles. The van der Waals surface area contributed by atoms with Crippen molar-refractivity contribution in [2.45, 2.75) is 36.8 Å². The summed E-state index contributed by atoms with van der Waals surface area (Å²) in [6.45, 7) is 0.486. The molecule has 0 atom stereocenters. The van der Waals surface area contributed by atoms with E-state index >= 15 is 0 Å². The molecule has 1 saturated carbocycles. The number of benzene rings is 1. The SMILES string of the molecule is CN(C)C(=O)CN1C(=O)N(c2cnc(C#N)nc2)CC12CCC(c1ccccc1)(N(C)C)CC2. The van der Waals surface area contributed by atoms with E-state index in [1.807, 2.05) is 12.1 Å². The van der Waals surface area contributed by atoms with Crippen LogP contribution in [0.1, 0.15) is 37.1 Å². The molecule has 0 N–H and O–H groups in total. The smallest absolute Gasteiger partial charge is 0.325 e. The molecular formula is C25H31N7O2. The van der Waals surface area contributed by atoms with Crippen molar-refractivity contribution in [3.05, 3.63) is 54.1 Å². The summed E-state index contributed by atoms with van der Waals surface area (Å²) in [6.07, 6.45) is 6.26. The molecule has 2 heterocycles. The number of carbonyl (C=O) groups is 2. The lowest BCUT2D eigenvalue weighted by molar-refractivity contribution is -0.130. The van der Waals surface area contributed by atoms with Gasteiger partial charge in [-0.2, -0.15) is 5.26 Å². The number of likely N-dealkylation sites (N-methyl/N-ethyl adjacent to an activating group) is 1. The highest BCUT2D eigenvalue weighted by molar-refractivity contribution is 5.97. The second-order valence-electron chi connectivity index (χ2n) is 9.64. The number of carbonyl (C=O) groups excluding carboxylic acids is 2. The summed E-state index contributed by atoms with van der Waals surface area (Å²) in [4.78, 5) is 41.6. The fourth-order valence-corrected chi connectivity index (χ4v) is 5.33. The molecule has 0 radical (unpaired) electrons. The van der Waals surface area contributed by atoms with Crippen molar-refractivity contribution in [2.24, 2.45) is 0 Å². The molecule has 9 nitrogen and oxygen atoms in total. The van der Waals surface area contributed by atoms with Gasteiger partial charge in [0.05, 0.1) is 30.2 Å². The van der Waals surface area contributed by atoms with E-state index in [1.54, 1.807) is 23.9 Å². The monoisotopic (exact) mass is 461 g/mol. The Morgan fingerprint density at radius 1 is 1.06 bits per heavy atom. The quantitative estimate of drug-likeness (QED) is 0.679. The first-order valence-electron chi connectivity index (χ1n) is 11.5. The largest absolute Gasteiger partial charge is 0.347 e. The lowest BCUT2D eigenvalue weighted by Gasteiger charge is -2.51. The summed E-state index contributed by atoms with van der Waals surface area (Å²) in [5.74, 6) is -0.0563. The lowest BCUT2D eigenvalue weighted by atomic mass is 9.68. The van der Waals surface area contributed by atoms with E-state index in [2.05, 4.69) is 53.2 Å². The Kier molecular flexibility index (Phi) is 6.28. The van der Waals surface area contributed by atoms with Gasteiger partial charge in [-0.25, -0.2) is 14.8 Å². The van der Waals surface area contributed by atoms with Crippen LogP contribution in [0.15, 0.2) is 42.7 Å². The van der Waals surface area contributed by atoms with Gasteiger partial charge in [-0.3, -0.25) is 14.6 Å². The van der Waals surface area contributed by atoms with Crippen LogP contribution in [0, 0.1) is 11.3 Å². The van der Waals surface area contributed by atoms with Crippen LogP contribution in [0.4, 0.5) is 10.5 Å². The summed E-state index contributed by atoms with van der Waals surface area (Å²) in [7, 11) is 7.63. The maximum atomic E-state index is 13.6. The molecule has 1 aromatic carbocycles. The van der Waals surface area contributed by atoms with Gasteiger partial charge in [-0.1, -0.05) is 30.3 Å². The molecule has 2 fully saturated rings. The van der Waals surface area contributed by atoms with Crippen molar-refractivity contribution in [3.63, 3.8) is 0 Å². The zero-order valence-electron chi connectivity index (χ0n) is 20.2. The van der Waals surface area contributed by atoms with Gasteiger partial charge < -0.3 is 9.80 Å². The Bertz CT molecular complexity index is 1080. The Morgan fingerprint density at radius 2 is 1.68 bits per heavy atom. The fourth-order valence-electron chi connectivity index (χ4n) is 5.33. The Hall–Kier alpha value is -3.51. The number of nitrogens with zero attached hydrogens (tertiary/aromatic N) is 7. The number of amides is 3. The molecule has 1 spiro atoms. The summed E-state index contributed by atoms with van der Waals surface area (Å²) < 4.78 is 0. The predicted octanol–water partition coefficient (Wildman–Crippen LogP) is 2.45. The van der Waals surface area contributed by atoms with E-state index in [-0.39, 0.29) is 29.8 Å². The minimum Gasteiger partial charge on any atom is -0.347 e. The first-order chi connectivity index (χ1) is 16.2. The van der Waals surface area contributed by atoms with E-state index in [9.17, 15) is 9.59 Å². The van der Waals surface area contributed by atoms with Gasteiger partial charge in [0.15, 0.2) is 0 Å². The molecule has 178 valence electrons. The average Bonchev–Trinajstić information content (AvgIpc) is 3.11. The Labute approximate surface area is 200 Å². The molecule has 0 unspecified atom stereocenters. The molecule has 2 aliphatic rings. The van der Waals surface area contributed by atoms with Crippen LogP contribution in [-0.4, -0.2) is 83.4 Å². The summed E-state index contributed by atoms with van der Waals surface area (Å²) in [5, 5.41) is 9.02. The fraction of sp³-hybridized carbons (Fsp3) is 0.480. The number of rotatable bonds is 5. The van der Waals surface area contributed by atoms with Gasteiger partial charge in [0, 0.05) is 19.6 Å². The van der Waals surface area contributed by atoms with Crippen LogP contribution >= 0.6 is 0 Å². The van der Waals surface area contributed by atoms with E-state index < -0.39 is 5.54 Å². The van der Waals surface area contributed by atoms with E-state index in [0.717, 1.165) is 25.7 Å². The summed E-state index contributed by atoms with van der Waals surface area (Å²) in [5.41, 5.74) is 1.21. The van der Waals surface area contributed by atoms with Crippen LogP contribution < -0.4 is 4.90 Å². The number of aromatic nitrogens is 2. The molecule has 0 bridgehead atoms. The number of nitriles is 1. The van der Waals surface area contributed by atoms with Crippen LogP contribution in [0.3, 0.4) is 0 Å². The molecule has 1 aliphatic carbocycles. The van der Waals surface area contributed by atoms with Crippen LogP contribution in [0.25, 0.3) is 0 Å². The average molecular weight is 462 g/mol. The van der Waals surface area contributed by atoms with Crippen molar-refractivity contribution >= 4 is 17.6 Å². The van der Waals surface area contributed by atoms with Gasteiger partial charge in [0.2, 0.25) is 11.7 Å². The normalized spacial score (nSPS) is 24.5. The predicted molar refractivity (Wildman–Crippen MR) is 128 cm³/mol. The maximum Gasteiger partial charge on any atom is 0.325 e. The number of anilines is 1. The molecule has 9 heteroatoms. The third-order valence-corrected chi connectivity index (χ3v) is 7.50. The minimum atomic E-state index is -0.467. The molecule has 4 rings (SSSR count). The van der Waals surface area contributed by atoms with Crippen molar-refractivity contribution in [2.75, 3.05) is 46.2 Å². The topological polar surface area (TPSA) is 96.7 Å². The van der Waals surface area contributed by atoms with Gasteiger partial charge in [-0.05, 0) is 45.3 Å². The maximum absolute atomic E-state index is 13.6. The highest BCUT2D eigenvalue weighted by atomic mass is 16.2. The molecule has 2 aromatic rings. The number of hydrogen-bond acceptors (Lipinski definition) is 6. The minimum absolute atomic E-state index is 0.0276. The number of hydrogen-bond donors (Lipinski definition) is 0. The summed E-state index contributed by atoms with van der Waals surface area (Å²) in [6, 6.07) is 12.2. The molecule has 1 saturated heterocycles. The standard InChI is InChI=1S/C25H31N7O2/c1-29(2)22(33)17-32-23(34)31(20-15-27-21(14-26)28-16-20)18-24(32)10-12-25(13-11-24,30(3)4)19-8-6-5-7-9-19/h5-9,15-16H,10-13,17-18H2,1-4H3. The van der Waals surface area contributed by atoms with E-state index in [1.165, 1.54) is 22.9 Å². The van der Waals surface area contributed by atoms with E-state index in [4.69, 9.17) is 5.26 Å². The van der Waals surface area contributed by atoms with Crippen molar-refractivity contribution < 1.29 is 9.59 Å². The van der Waals surface area contributed by atoms with Crippen LogP contribution in [-0.2, 0) is 10.3 Å². The van der Waals surface area contributed by atoms with Gasteiger partial charge >= 0.3 is 6.03 Å². The molecular weight excluding hydrogens is 430 g/mol. The van der Waals surface area contributed by atoms with Crippen LogP contribution in [0.2, 0.25) is 0 Å². The number of urea groups is 1. The second-order valence-corrected chi connectivity index (χ2v) is 9.64. The van der Waals surface area contributed by atoms with Crippen LogP contribution in [0.5, 0.6) is 0 Å². The third-order valence-electron chi connectivity index (χ3n) is 7.50. The van der Waals surface area contributed by atoms with Gasteiger partial charge in [-0.15, -0.1) is 0 Å². The van der Waals surface area contributed by atoms with E-state index in [0.29, 0.717) is 12.2 Å². The van der Waals surface area contributed by atoms with Gasteiger partial charge in [0.25, 0.3) is 0 Å². The Balaban J connectivity index is 1.67. The lowest BCUT2D eigenvalue weighted by Crippen LogP contribution is -2.57. The highest BCUT2D eigenvalue weighted by Gasteiger charge is 2.55.